The molecule has 1 heterocycles. The van der Waals surface area contributed by atoms with Crippen LogP contribution in [0.25, 0.3) is 0 Å². The fourth-order valence-corrected chi connectivity index (χ4v) is 2.90. The van der Waals surface area contributed by atoms with Gasteiger partial charge in [0.05, 0.1) is 5.01 Å². The van der Waals surface area contributed by atoms with Crippen LogP contribution in [0.15, 0.2) is 29.6 Å². The lowest BCUT2D eigenvalue weighted by molar-refractivity contribution is 0.590. The highest BCUT2D eigenvalue weighted by atomic mass is 32.1. The molecule has 2 aromatic rings. The van der Waals surface area contributed by atoms with E-state index in [4.69, 9.17) is 0 Å². The molecule has 0 aliphatic heterocycles. The predicted molar refractivity (Wildman–Crippen MR) is 83.1 cm³/mol. The van der Waals surface area contributed by atoms with E-state index in [1.807, 2.05) is 14.0 Å². The molecule has 0 aliphatic carbocycles. The van der Waals surface area contributed by atoms with Crippen LogP contribution in [0.3, 0.4) is 0 Å². The maximum atomic E-state index is 4.55. The van der Waals surface area contributed by atoms with Crippen molar-refractivity contribution in [3.05, 3.63) is 45.9 Å². The number of aromatic nitrogens is 1. The van der Waals surface area contributed by atoms with E-state index in [-0.39, 0.29) is 0 Å². The summed E-state index contributed by atoms with van der Waals surface area (Å²) in [6.07, 6.45) is 0.936. The van der Waals surface area contributed by atoms with E-state index < -0.39 is 0 Å². The van der Waals surface area contributed by atoms with Crippen molar-refractivity contribution in [2.75, 3.05) is 26.0 Å². The maximum Gasteiger partial charge on any atom is 0.0947 e. The van der Waals surface area contributed by atoms with Crippen molar-refractivity contribution in [3.63, 3.8) is 0 Å². The van der Waals surface area contributed by atoms with E-state index in [2.05, 4.69) is 58.9 Å². The van der Waals surface area contributed by atoms with Crippen LogP contribution in [0, 0.1) is 6.92 Å². The highest BCUT2D eigenvalue weighted by Gasteiger charge is 2.13. The van der Waals surface area contributed by atoms with E-state index in [0.29, 0.717) is 6.04 Å². The summed E-state index contributed by atoms with van der Waals surface area (Å²) < 4.78 is 0. The highest BCUT2D eigenvalue weighted by Crippen LogP contribution is 2.23. The van der Waals surface area contributed by atoms with Gasteiger partial charge >= 0.3 is 0 Å². The predicted octanol–water partition coefficient (Wildman–Crippen LogP) is 3.02. The SMILES string of the molecule is CNC(Cc1nc(C)cs1)c1cccc(N(C)C)c1. The Morgan fingerprint density at radius 1 is 1.37 bits per heavy atom. The summed E-state index contributed by atoms with van der Waals surface area (Å²) >= 11 is 1.74. The van der Waals surface area contributed by atoms with E-state index in [1.54, 1.807) is 11.3 Å². The minimum Gasteiger partial charge on any atom is -0.378 e. The zero-order chi connectivity index (χ0) is 13.8. The highest BCUT2D eigenvalue weighted by molar-refractivity contribution is 7.09. The summed E-state index contributed by atoms with van der Waals surface area (Å²) in [6.45, 7) is 2.04. The van der Waals surface area contributed by atoms with E-state index in [9.17, 15) is 0 Å². The molecule has 0 spiro atoms. The largest absolute Gasteiger partial charge is 0.378 e. The summed E-state index contributed by atoms with van der Waals surface area (Å²) in [5.41, 5.74) is 3.64. The average Bonchev–Trinajstić information content (AvgIpc) is 2.81. The molecule has 3 nitrogen and oxygen atoms in total. The molecule has 0 aliphatic rings. The first-order valence-electron chi connectivity index (χ1n) is 6.45. The Kier molecular flexibility index (Phi) is 4.56. The summed E-state index contributed by atoms with van der Waals surface area (Å²) in [4.78, 5) is 6.68. The summed E-state index contributed by atoms with van der Waals surface area (Å²) in [5, 5.41) is 6.69. The molecule has 1 aromatic carbocycles. The van der Waals surface area contributed by atoms with Crippen molar-refractivity contribution in [2.45, 2.75) is 19.4 Å². The molecule has 102 valence electrons. The molecule has 0 saturated heterocycles. The van der Waals surface area contributed by atoms with Crippen molar-refractivity contribution >= 4 is 17.0 Å². The third-order valence-electron chi connectivity index (χ3n) is 3.18. The molecule has 1 unspecified atom stereocenters. The monoisotopic (exact) mass is 275 g/mol. The summed E-state index contributed by atoms with van der Waals surface area (Å²) in [7, 11) is 6.14. The van der Waals surface area contributed by atoms with Gasteiger partial charge in [-0.15, -0.1) is 11.3 Å². The number of nitrogens with zero attached hydrogens (tertiary/aromatic N) is 2. The summed E-state index contributed by atoms with van der Waals surface area (Å²) in [5.74, 6) is 0. The van der Waals surface area contributed by atoms with Gasteiger partial charge in [-0.1, -0.05) is 12.1 Å². The van der Waals surface area contributed by atoms with Crippen molar-refractivity contribution < 1.29 is 0 Å². The van der Waals surface area contributed by atoms with Crippen LogP contribution < -0.4 is 10.2 Å². The molecule has 4 heteroatoms. The van der Waals surface area contributed by atoms with Gasteiger partial charge in [0.1, 0.15) is 0 Å². The van der Waals surface area contributed by atoms with Gasteiger partial charge in [0, 0.05) is 43.3 Å². The van der Waals surface area contributed by atoms with Crippen LogP contribution in [-0.4, -0.2) is 26.1 Å². The van der Waals surface area contributed by atoms with Gasteiger partial charge in [-0.2, -0.15) is 0 Å². The topological polar surface area (TPSA) is 28.2 Å². The van der Waals surface area contributed by atoms with Gasteiger partial charge in [0.2, 0.25) is 0 Å². The van der Waals surface area contributed by atoms with Gasteiger partial charge in [0.15, 0.2) is 0 Å². The number of rotatable bonds is 5. The van der Waals surface area contributed by atoms with Crippen molar-refractivity contribution in [3.8, 4) is 0 Å². The first kappa shape index (κ1) is 14.0. The molecule has 0 fully saturated rings. The Hall–Kier alpha value is -1.39. The Bertz CT molecular complexity index is 534. The van der Waals surface area contributed by atoms with Crippen LogP contribution >= 0.6 is 11.3 Å². The number of likely N-dealkylation sites (N-methyl/N-ethyl adjacent to an activating group) is 1. The standard InChI is InChI=1S/C15H21N3S/c1-11-10-19-15(17-11)9-14(16-2)12-6-5-7-13(8-12)18(3)4/h5-8,10,14,16H,9H2,1-4H3. The van der Waals surface area contributed by atoms with Gasteiger partial charge < -0.3 is 10.2 Å². The van der Waals surface area contributed by atoms with Gasteiger partial charge in [-0.05, 0) is 31.7 Å². The minimum absolute atomic E-state index is 0.311. The lowest BCUT2D eigenvalue weighted by Crippen LogP contribution is -2.19. The second kappa shape index (κ2) is 6.17. The Morgan fingerprint density at radius 2 is 2.16 bits per heavy atom. The normalized spacial score (nSPS) is 12.4. The molecule has 1 N–H and O–H groups in total. The van der Waals surface area contributed by atoms with Gasteiger partial charge in [-0.3, -0.25) is 0 Å². The number of nitrogens with one attached hydrogen (secondary N) is 1. The van der Waals surface area contributed by atoms with Crippen LogP contribution in [0.4, 0.5) is 5.69 Å². The van der Waals surface area contributed by atoms with Crippen LogP contribution in [-0.2, 0) is 6.42 Å². The second-order valence-corrected chi connectivity index (χ2v) is 5.86. The Labute approximate surface area is 119 Å². The van der Waals surface area contributed by atoms with Gasteiger partial charge in [0.25, 0.3) is 0 Å². The Balaban J connectivity index is 2.19. The average molecular weight is 275 g/mol. The molecule has 0 saturated carbocycles. The maximum absolute atomic E-state index is 4.55. The molecule has 0 amide bonds. The number of aryl methyl sites for hydroxylation is 1. The van der Waals surface area contributed by atoms with Crippen LogP contribution in [0.5, 0.6) is 0 Å². The quantitative estimate of drug-likeness (QED) is 0.909. The number of hydrogen-bond acceptors (Lipinski definition) is 4. The lowest BCUT2D eigenvalue weighted by atomic mass is 10.0. The first-order valence-corrected chi connectivity index (χ1v) is 7.33. The third-order valence-corrected chi connectivity index (χ3v) is 4.17. The molecule has 0 radical (unpaired) electrons. The molecule has 2 rings (SSSR count). The van der Waals surface area contributed by atoms with Crippen molar-refractivity contribution in [1.29, 1.82) is 0 Å². The van der Waals surface area contributed by atoms with Crippen LogP contribution in [0.1, 0.15) is 22.3 Å². The van der Waals surface area contributed by atoms with Crippen molar-refractivity contribution in [2.24, 2.45) is 0 Å². The zero-order valence-electron chi connectivity index (χ0n) is 12.0. The number of thiazole rings is 1. The van der Waals surface area contributed by atoms with Crippen LogP contribution in [0.2, 0.25) is 0 Å². The Morgan fingerprint density at radius 3 is 2.74 bits per heavy atom. The lowest BCUT2D eigenvalue weighted by Gasteiger charge is -2.19. The smallest absolute Gasteiger partial charge is 0.0947 e. The number of benzene rings is 1. The molecule has 1 atom stereocenters. The number of hydrogen-bond donors (Lipinski definition) is 1. The molecule has 19 heavy (non-hydrogen) atoms. The summed E-state index contributed by atoms with van der Waals surface area (Å²) in [6, 6.07) is 8.97. The fourth-order valence-electron chi connectivity index (χ4n) is 2.08. The molecular formula is C15H21N3S. The molecular weight excluding hydrogens is 254 g/mol. The molecule has 0 bridgehead atoms. The van der Waals surface area contributed by atoms with Gasteiger partial charge in [-0.25, -0.2) is 4.98 Å². The van der Waals surface area contributed by atoms with E-state index >= 15 is 0 Å². The first-order chi connectivity index (χ1) is 9.10. The second-order valence-electron chi connectivity index (χ2n) is 4.92. The third kappa shape index (κ3) is 3.55. The zero-order valence-corrected chi connectivity index (χ0v) is 12.8. The molecule has 1 aromatic heterocycles. The fraction of sp³-hybridized carbons (Fsp3) is 0.400. The van der Waals surface area contributed by atoms with Crippen molar-refractivity contribution in [1.82, 2.24) is 10.3 Å². The minimum atomic E-state index is 0.311. The van der Waals surface area contributed by atoms with E-state index in [1.165, 1.54) is 16.3 Å². The van der Waals surface area contributed by atoms with E-state index in [0.717, 1.165) is 12.1 Å². The number of anilines is 1.